The van der Waals surface area contributed by atoms with Crippen LogP contribution >= 0.6 is 0 Å². The normalized spacial score (nSPS) is 12.9. The summed E-state index contributed by atoms with van der Waals surface area (Å²) in [4.78, 5) is 49.9. The summed E-state index contributed by atoms with van der Waals surface area (Å²) in [6.07, 6.45) is 0.874. The number of oxime groups is 1. The van der Waals surface area contributed by atoms with Gasteiger partial charge in [0, 0.05) is 25.0 Å². The van der Waals surface area contributed by atoms with Gasteiger partial charge in [0.25, 0.3) is 0 Å². The number of amides is 1. The molecule has 1 heterocycles. The summed E-state index contributed by atoms with van der Waals surface area (Å²) in [5.41, 5.74) is 6.65. The van der Waals surface area contributed by atoms with Crippen LogP contribution in [0.15, 0.2) is 28.3 Å². The van der Waals surface area contributed by atoms with E-state index < -0.39 is 23.6 Å². The fourth-order valence-electron chi connectivity index (χ4n) is 3.78. The van der Waals surface area contributed by atoms with Gasteiger partial charge < -0.3 is 29.9 Å². The predicted molar refractivity (Wildman–Crippen MR) is 207 cm³/mol. The van der Waals surface area contributed by atoms with Crippen LogP contribution in [0.2, 0.25) is 0 Å². The van der Waals surface area contributed by atoms with Crippen molar-refractivity contribution in [3.63, 3.8) is 0 Å². The number of hydrogen-bond acceptors (Lipinski definition) is 11. The molecule has 0 radical (unpaired) electrons. The fourth-order valence-corrected chi connectivity index (χ4v) is 3.78. The maximum Gasteiger partial charge on any atom is 0.316 e. The number of carbonyl (C=O) groups is 3. The highest BCUT2D eigenvalue weighted by Gasteiger charge is 2.27. The number of nitrogens with zero attached hydrogens (tertiary/aromatic N) is 3. The molecule has 0 aliphatic heterocycles. The van der Waals surface area contributed by atoms with E-state index in [1.54, 1.807) is 18.2 Å². The fraction of sp³-hybridized carbons (Fsp3) is 0.692. The number of rotatable bonds is 18. The van der Waals surface area contributed by atoms with Crippen molar-refractivity contribution >= 4 is 34.9 Å². The molecule has 0 fully saturated rings. The van der Waals surface area contributed by atoms with Gasteiger partial charge in [-0.2, -0.15) is 0 Å². The van der Waals surface area contributed by atoms with E-state index in [9.17, 15) is 19.5 Å². The number of carbonyl (C=O) groups excluding carboxylic acids is 3. The number of ketones is 1. The van der Waals surface area contributed by atoms with Crippen molar-refractivity contribution in [1.82, 2.24) is 4.98 Å². The number of aliphatic imine (C=N–C) groups is 1. The highest BCUT2D eigenvalue weighted by molar-refractivity contribution is 5.98. The molecule has 51 heavy (non-hydrogen) atoms. The molecule has 0 spiro atoms. The molecule has 3 atom stereocenters. The van der Waals surface area contributed by atoms with Gasteiger partial charge in [-0.1, -0.05) is 85.9 Å². The Morgan fingerprint density at radius 2 is 1.61 bits per heavy atom. The molecule has 1 aromatic rings. The zero-order chi connectivity index (χ0) is 40.0. The number of nitrogens with two attached hydrogens (primary N) is 1. The lowest BCUT2D eigenvalue weighted by atomic mass is 9.95. The van der Waals surface area contributed by atoms with Crippen LogP contribution in [0.25, 0.3) is 0 Å². The molecule has 0 aromatic carbocycles. The van der Waals surface area contributed by atoms with Crippen molar-refractivity contribution in [2.75, 3.05) is 38.8 Å². The number of anilines is 1. The molecule has 1 amide bonds. The Hall–Kier alpha value is -3.66. The van der Waals surface area contributed by atoms with E-state index in [4.69, 9.17) is 24.8 Å². The number of aliphatic hydroxyl groups excluding tert-OH is 1. The maximum absolute atomic E-state index is 12.6. The first-order valence-electron chi connectivity index (χ1n) is 18.1. The van der Waals surface area contributed by atoms with Crippen molar-refractivity contribution in [1.29, 1.82) is 0 Å². The summed E-state index contributed by atoms with van der Waals surface area (Å²) in [5, 5.41) is 13.5. The molecule has 3 unspecified atom stereocenters. The molecular formula is C39H68N4O8. The second kappa shape index (κ2) is 31.1. The van der Waals surface area contributed by atoms with Crippen LogP contribution in [0.5, 0.6) is 0 Å². The van der Waals surface area contributed by atoms with Crippen LogP contribution in [-0.2, 0) is 33.4 Å². The molecule has 12 nitrogen and oxygen atoms in total. The number of esters is 1. The van der Waals surface area contributed by atoms with Crippen LogP contribution in [-0.4, -0.2) is 83.9 Å². The average molecular weight is 721 g/mol. The lowest BCUT2D eigenvalue weighted by Gasteiger charge is -2.26. The van der Waals surface area contributed by atoms with E-state index in [0.29, 0.717) is 30.3 Å². The van der Waals surface area contributed by atoms with Crippen LogP contribution < -0.4 is 5.73 Å². The Morgan fingerprint density at radius 1 is 1.00 bits per heavy atom. The number of pyridine rings is 1. The van der Waals surface area contributed by atoms with Crippen molar-refractivity contribution in [2.45, 2.75) is 128 Å². The van der Waals surface area contributed by atoms with Gasteiger partial charge in [0.2, 0.25) is 5.91 Å². The lowest BCUT2D eigenvalue weighted by molar-refractivity contribution is -0.154. The van der Waals surface area contributed by atoms with E-state index >= 15 is 0 Å². The maximum atomic E-state index is 12.6. The van der Waals surface area contributed by atoms with E-state index in [-0.39, 0.29) is 56.4 Å². The summed E-state index contributed by atoms with van der Waals surface area (Å²) in [7, 11) is 0. The highest BCUT2D eigenvalue weighted by atomic mass is 16.6. The topological polar surface area (TPSA) is 172 Å². The smallest absolute Gasteiger partial charge is 0.316 e. The molecule has 0 aliphatic carbocycles. The van der Waals surface area contributed by atoms with Crippen LogP contribution in [0.3, 0.4) is 0 Å². The van der Waals surface area contributed by atoms with Crippen molar-refractivity contribution < 1.29 is 38.5 Å². The van der Waals surface area contributed by atoms with E-state index in [0.717, 1.165) is 5.71 Å². The third kappa shape index (κ3) is 27.7. The Labute approximate surface area is 308 Å². The van der Waals surface area contributed by atoms with Crippen molar-refractivity contribution in [2.24, 2.45) is 27.9 Å². The third-order valence-corrected chi connectivity index (χ3v) is 6.24. The minimum absolute atomic E-state index is 0.0138. The van der Waals surface area contributed by atoms with Gasteiger partial charge >= 0.3 is 5.97 Å². The Balaban J connectivity index is -0.00000306. The molecule has 0 bridgehead atoms. The zero-order valence-electron chi connectivity index (χ0n) is 33.9. The average Bonchev–Trinajstić information content (AvgIpc) is 3.08. The molecular weight excluding hydrogens is 652 g/mol. The first-order chi connectivity index (χ1) is 24.0. The van der Waals surface area contributed by atoms with Gasteiger partial charge in [-0.05, 0) is 58.1 Å². The monoisotopic (exact) mass is 721 g/mol. The van der Waals surface area contributed by atoms with Gasteiger partial charge in [-0.25, -0.2) is 9.98 Å². The summed E-state index contributed by atoms with van der Waals surface area (Å²) >= 11 is 0. The Kier molecular flexibility index (Phi) is 31.5. The zero-order valence-corrected chi connectivity index (χ0v) is 33.9. The highest BCUT2D eigenvalue weighted by Crippen LogP contribution is 2.19. The molecule has 292 valence electrons. The molecule has 3 N–H and O–H groups in total. The van der Waals surface area contributed by atoms with Crippen molar-refractivity contribution in [3.05, 3.63) is 23.9 Å². The Bertz CT molecular complexity index is 1230. The first kappa shape index (κ1) is 51.7. The summed E-state index contributed by atoms with van der Waals surface area (Å²) in [6, 6.07) is 5.15. The van der Waals surface area contributed by atoms with E-state index in [2.05, 4.69) is 40.8 Å². The van der Waals surface area contributed by atoms with Gasteiger partial charge in [-0.3, -0.25) is 14.4 Å². The second-order valence-corrected chi connectivity index (χ2v) is 12.2. The second-order valence-electron chi connectivity index (χ2n) is 12.2. The minimum Gasteiger partial charge on any atom is -0.462 e. The third-order valence-electron chi connectivity index (χ3n) is 6.24. The minimum atomic E-state index is -0.948. The van der Waals surface area contributed by atoms with E-state index in [1.165, 1.54) is 27.2 Å². The predicted octanol–water partition coefficient (Wildman–Crippen LogP) is 6.86. The summed E-state index contributed by atoms with van der Waals surface area (Å²) in [6.45, 7) is 26.4. The SMILES string of the molecule is CC.CC.CC(=O)N=C(C(C)C)C(C)COC/C(COC(C)(C)CCC(=O)C(C)C(=O)OCC(C)O)=N\OCC#Cc1cccc(N)n1.CCC. The Morgan fingerprint density at radius 3 is 2.14 bits per heavy atom. The number of aliphatic hydroxyl groups is 1. The first-order valence-corrected chi connectivity index (χ1v) is 18.1. The number of aromatic nitrogens is 1. The van der Waals surface area contributed by atoms with E-state index in [1.807, 2.05) is 62.3 Å². The summed E-state index contributed by atoms with van der Waals surface area (Å²) in [5.74, 6) is 3.87. The molecule has 12 heteroatoms. The van der Waals surface area contributed by atoms with Gasteiger partial charge in [-0.15, -0.1) is 0 Å². The van der Waals surface area contributed by atoms with Crippen LogP contribution in [0, 0.1) is 29.6 Å². The quantitative estimate of drug-likeness (QED) is 0.0408. The van der Waals surface area contributed by atoms with Crippen molar-refractivity contribution in [3.8, 4) is 11.8 Å². The molecule has 0 saturated heterocycles. The molecule has 1 aromatic heterocycles. The number of ether oxygens (including phenoxy) is 3. The molecule has 1 rings (SSSR count). The van der Waals surface area contributed by atoms with Gasteiger partial charge in [0.05, 0.1) is 31.5 Å². The lowest BCUT2D eigenvalue weighted by Crippen LogP contribution is -2.32. The standard InChI is InChI=1S/C32H48N4O8.C3H8.2C2H6/c1-21(2)30(34-25(6)38)22(3)17-41-19-27(36-44-16-10-12-26-11-9-13-29(33)35-26)20-43-32(7,8)15-14-28(39)24(5)31(40)42-18-23(4)37;1-3-2;2*1-2/h9,11,13,21-24,37H,14-20H2,1-8H3,(H2,33,35);3H2,1-2H3;2*1-2H3/b34-30?,36-27+;;;. The number of nitrogen functional groups attached to an aromatic ring is 1. The summed E-state index contributed by atoms with van der Waals surface area (Å²) < 4.78 is 16.9. The van der Waals surface area contributed by atoms with Crippen LogP contribution in [0.1, 0.15) is 122 Å². The molecule has 0 aliphatic rings. The van der Waals surface area contributed by atoms with Crippen LogP contribution in [0.4, 0.5) is 5.82 Å². The number of hydrogen-bond donors (Lipinski definition) is 2. The van der Waals surface area contributed by atoms with Gasteiger partial charge in [0.15, 0.2) is 6.61 Å². The number of Topliss-reactive ketones (excluding diaryl/α,β-unsaturated/α-hetero) is 1. The van der Waals surface area contributed by atoms with Gasteiger partial charge in [0.1, 0.15) is 35.5 Å². The largest absolute Gasteiger partial charge is 0.462 e. The molecule has 0 saturated carbocycles.